The van der Waals surface area contributed by atoms with Gasteiger partial charge in [0.1, 0.15) is 0 Å². The molecule has 2 rings (SSSR count). The van der Waals surface area contributed by atoms with Crippen molar-refractivity contribution in [1.29, 1.82) is 10.8 Å². The first kappa shape index (κ1) is 8.73. The van der Waals surface area contributed by atoms with Gasteiger partial charge in [0.2, 0.25) is 0 Å². The molecule has 0 heterocycles. The molecule has 0 aromatic carbocycles. The molecule has 2 N–H and O–H groups in total. The van der Waals surface area contributed by atoms with Gasteiger partial charge in [-0.3, -0.25) is 10.8 Å². The van der Waals surface area contributed by atoms with Gasteiger partial charge in [-0.25, -0.2) is 0 Å². The van der Waals surface area contributed by atoms with E-state index in [1.54, 1.807) is 6.92 Å². The van der Waals surface area contributed by atoms with Crippen molar-refractivity contribution in [2.75, 3.05) is 0 Å². The van der Waals surface area contributed by atoms with Crippen molar-refractivity contribution in [3.05, 3.63) is 0 Å². The van der Waals surface area contributed by atoms with Crippen LogP contribution in [0.1, 0.15) is 39.0 Å². The van der Waals surface area contributed by atoms with Gasteiger partial charge in [0.25, 0.3) is 0 Å². The molecule has 2 aliphatic rings. The summed E-state index contributed by atoms with van der Waals surface area (Å²) in [6.45, 7) is 1.58. The largest absolute Gasteiger partial charge is 0.430 e. The van der Waals surface area contributed by atoms with E-state index < -0.39 is 0 Å². The van der Waals surface area contributed by atoms with Gasteiger partial charge in [-0.15, -0.1) is 0 Å². The van der Waals surface area contributed by atoms with Gasteiger partial charge >= 0.3 is 0 Å². The van der Waals surface area contributed by atoms with Gasteiger partial charge in [0.15, 0.2) is 11.8 Å². The predicted molar refractivity (Wildman–Crippen MR) is 51.2 cm³/mol. The minimum absolute atomic E-state index is 0.138. The minimum atomic E-state index is 0.138. The van der Waals surface area contributed by atoms with E-state index in [0.717, 1.165) is 12.8 Å². The summed E-state index contributed by atoms with van der Waals surface area (Å²) in [4.78, 5) is 0. The standard InChI is InChI=1S/C10H16N2O/c1-7(11)13-9(12)8-5-10(6-8)3-2-4-10/h8,11-12H,2-6H2,1H3. The topological polar surface area (TPSA) is 56.9 Å². The summed E-state index contributed by atoms with van der Waals surface area (Å²) in [5.74, 6) is 0.755. The summed E-state index contributed by atoms with van der Waals surface area (Å²) >= 11 is 0. The number of nitrogens with one attached hydrogen (secondary N) is 2. The molecule has 0 amide bonds. The van der Waals surface area contributed by atoms with Gasteiger partial charge in [-0.1, -0.05) is 6.42 Å². The van der Waals surface area contributed by atoms with E-state index >= 15 is 0 Å². The highest BCUT2D eigenvalue weighted by atomic mass is 16.5. The third kappa shape index (κ3) is 1.47. The van der Waals surface area contributed by atoms with Crippen molar-refractivity contribution in [3.8, 4) is 0 Å². The molecule has 72 valence electrons. The van der Waals surface area contributed by atoms with E-state index in [1.165, 1.54) is 19.3 Å². The third-order valence-electron chi connectivity index (χ3n) is 3.41. The highest BCUT2D eigenvalue weighted by molar-refractivity contribution is 5.89. The second-order valence-corrected chi connectivity index (χ2v) is 4.48. The molecule has 3 heteroatoms. The fourth-order valence-electron chi connectivity index (χ4n) is 2.50. The van der Waals surface area contributed by atoms with Crippen molar-refractivity contribution < 1.29 is 4.74 Å². The number of ether oxygens (including phenoxy) is 1. The summed E-state index contributed by atoms with van der Waals surface area (Å²) in [6.07, 6.45) is 6.31. The van der Waals surface area contributed by atoms with E-state index in [9.17, 15) is 0 Å². The average Bonchev–Trinajstić information content (AvgIpc) is 1.77. The Morgan fingerprint density at radius 2 is 1.92 bits per heavy atom. The second-order valence-electron chi connectivity index (χ2n) is 4.48. The van der Waals surface area contributed by atoms with Crippen molar-refractivity contribution in [2.45, 2.75) is 39.0 Å². The first-order valence-corrected chi connectivity index (χ1v) is 4.93. The molecule has 0 radical (unpaired) electrons. The molecule has 2 aliphatic carbocycles. The summed E-state index contributed by atoms with van der Waals surface area (Å²) in [6, 6.07) is 0. The SMILES string of the molecule is CC(=N)OC(=N)C1CC2(CCC2)C1. The molecule has 0 aromatic rings. The Balaban J connectivity index is 1.79. The number of hydrogen-bond donors (Lipinski definition) is 2. The van der Waals surface area contributed by atoms with Crippen LogP contribution in [0.2, 0.25) is 0 Å². The maximum Gasteiger partial charge on any atom is 0.192 e. The number of rotatable bonds is 1. The highest BCUT2D eigenvalue weighted by Crippen LogP contribution is 2.58. The van der Waals surface area contributed by atoms with Crippen LogP contribution in [0.15, 0.2) is 0 Å². The van der Waals surface area contributed by atoms with E-state index in [-0.39, 0.29) is 5.90 Å². The molecule has 1 spiro atoms. The van der Waals surface area contributed by atoms with Crippen LogP contribution >= 0.6 is 0 Å². The molecule has 0 atom stereocenters. The van der Waals surface area contributed by atoms with Crippen molar-refractivity contribution in [2.24, 2.45) is 11.3 Å². The molecule has 0 aromatic heterocycles. The monoisotopic (exact) mass is 180 g/mol. The molecular weight excluding hydrogens is 164 g/mol. The Morgan fingerprint density at radius 3 is 2.31 bits per heavy atom. The molecule has 13 heavy (non-hydrogen) atoms. The quantitative estimate of drug-likeness (QED) is 0.473. The van der Waals surface area contributed by atoms with E-state index in [2.05, 4.69) is 0 Å². The van der Waals surface area contributed by atoms with Gasteiger partial charge < -0.3 is 4.74 Å². The lowest BCUT2D eigenvalue weighted by Crippen LogP contribution is -2.46. The van der Waals surface area contributed by atoms with Gasteiger partial charge in [-0.05, 0) is 31.1 Å². The van der Waals surface area contributed by atoms with Gasteiger partial charge in [-0.2, -0.15) is 0 Å². The van der Waals surface area contributed by atoms with E-state index in [0.29, 0.717) is 17.2 Å². The summed E-state index contributed by atoms with van der Waals surface area (Å²) in [5.41, 5.74) is 0.594. The van der Waals surface area contributed by atoms with Crippen LogP contribution < -0.4 is 0 Å². The minimum Gasteiger partial charge on any atom is -0.430 e. The Morgan fingerprint density at radius 1 is 1.31 bits per heavy atom. The van der Waals surface area contributed by atoms with E-state index in [4.69, 9.17) is 15.6 Å². The van der Waals surface area contributed by atoms with E-state index in [1.807, 2.05) is 0 Å². The lowest BCUT2D eigenvalue weighted by molar-refractivity contribution is -0.00229. The zero-order valence-corrected chi connectivity index (χ0v) is 8.02. The molecule has 0 aliphatic heterocycles. The Kier molecular flexibility index (Phi) is 1.90. The molecule has 0 saturated heterocycles. The Labute approximate surface area is 78.5 Å². The normalized spacial score (nSPS) is 24.7. The summed E-state index contributed by atoms with van der Waals surface area (Å²) < 4.78 is 4.98. The van der Waals surface area contributed by atoms with Gasteiger partial charge in [0, 0.05) is 12.8 Å². The summed E-state index contributed by atoms with van der Waals surface area (Å²) in [7, 11) is 0. The van der Waals surface area contributed by atoms with Gasteiger partial charge in [0.05, 0.1) is 0 Å². The lowest BCUT2D eigenvalue weighted by Gasteiger charge is -2.53. The van der Waals surface area contributed by atoms with Crippen LogP contribution in [0.25, 0.3) is 0 Å². The molecule has 2 saturated carbocycles. The highest BCUT2D eigenvalue weighted by Gasteiger charge is 2.50. The maximum atomic E-state index is 7.59. The first-order valence-electron chi connectivity index (χ1n) is 4.93. The molecule has 3 nitrogen and oxygen atoms in total. The maximum absolute atomic E-state index is 7.59. The van der Waals surface area contributed by atoms with Crippen molar-refractivity contribution in [3.63, 3.8) is 0 Å². The Bertz CT molecular complexity index is 248. The zero-order chi connectivity index (χ0) is 9.47. The van der Waals surface area contributed by atoms with Crippen LogP contribution in [0.5, 0.6) is 0 Å². The van der Waals surface area contributed by atoms with Crippen molar-refractivity contribution >= 4 is 11.8 Å². The zero-order valence-electron chi connectivity index (χ0n) is 8.02. The molecule has 0 bridgehead atoms. The fourth-order valence-corrected chi connectivity index (χ4v) is 2.50. The van der Waals surface area contributed by atoms with Crippen LogP contribution in [0, 0.1) is 22.2 Å². The molecular formula is C10H16N2O. The third-order valence-corrected chi connectivity index (χ3v) is 3.41. The van der Waals surface area contributed by atoms with Crippen molar-refractivity contribution in [1.82, 2.24) is 0 Å². The number of hydrogen-bond acceptors (Lipinski definition) is 3. The van der Waals surface area contributed by atoms with Crippen LogP contribution in [-0.2, 0) is 4.74 Å². The Hall–Kier alpha value is -0.860. The van der Waals surface area contributed by atoms with Crippen LogP contribution in [-0.4, -0.2) is 11.8 Å². The predicted octanol–water partition coefficient (Wildman–Crippen LogP) is 2.56. The second kappa shape index (κ2) is 2.82. The average molecular weight is 180 g/mol. The molecule has 2 fully saturated rings. The van der Waals surface area contributed by atoms with Crippen LogP contribution in [0.4, 0.5) is 0 Å². The lowest BCUT2D eigenvalue weighted by atomic mass is 9.52. The van der Waals surface area contributed by atoms with Crippen LogP contribution in [0.3, 0.4) is 0 Å². The summed E-state index contributed by atoms with van der Waals surface area (Å²) in [5, 5.41) is 14.7. The molecule has 0 unspecified atom stereocenters. The fraction of sp³-hybridized carbons (Fsp3) is 0.800. The first-order chi connectivity index (χ1) is 6.11. The smallest absolute Gasteiger partial charge is 0.192 e.